The van der Waals surface area contributed by atoms with E-state index < -0.39 is 0 Å². The molecule has 2 aromatic rings. The fourth-order valence-electron chi connectivity index (χ4n) is 1.70. The Kier molecular flexibility index (Phi) is 4.94. The Bertz CT molecular complexity index is 531. The van der Waals surface area contributed by atoms with Gasteiger partial charge in [0.2, 0.25) is 0 Å². The minimum Gasteiger partial charge on any atom is -0.490 e. The summed E-state index contributed by atoms with van der Waals surface area (Å²) in [7, 11) is 2.03. The predicted molar refractivity (Wildman–Crippen MR) is 81.7 cm³/mol. The lowest BCUT2D eigenvalue weighted by Gasteiger charge is -2.19. The van der Waals surface area contributed by atoms with Gasteiger partial charge in [0.25, 0.3) is 0 Å². The smallest absolute Gasteiger partial charge is 0.138 e. The van der Waals surface area contributed by atoms with Crippen molar-refractivity contribution in [2.24, 2.45) is 0 Å². The number of benzene rings is 2. The number of anilines is 1. The summed E-state index contributed by atoms with van der Waals surface area (Å²) < 4.78 is 5.65. The van der Waals surface area contributed by atoms with Crippen LogP contribution in [0.4, 0.5) is 5.69 Å². The molecule has 2 aromatic carbocycles. The zero-order chi connectivity index (χ0) is 13.7. The molecule has 2 rings (SSSR count). The molecule has 100 valence electrons. The zero-order valence-electron chi connectivity index (χ0n) is 10.6. The van der Waals surface area contributed by atoms with Crippen LogP contribution in [-0.4, -0.2) is 20.2 Å². The summed E-state index contributed by atoms with van der Waals surface area (Å²) in [6.07, 6.45) is 0. The first kappa shape index (κ1) is 14.0. The first-order chi connectivity index (χ1) is 9.16. The van der Waals surface area contributed by atoms with Gasteiger partial charge in [-0.25, -0.2) is 0 Å². The maximum absolute atomic E-state index is 6.04. The Hall–Kier alpha value is -1.38. The van der Waals surface area contributed by atoms with Gasteiger partial charge in [-0.05, 0) is 30.3 Å². The van der Waals surface area contributed by atoms with Gasteiger partial charge in [0.15, 0.2) is 0 Å². The van der Waals surface area contributed by atoms with E-state index in [0.717, 1.165) is 12.2 Å². The Morgan fingerprint density at radius 3 is 2.47 bits per heavy atom. The lowest BCUT2D eigenvalue weighted by atomic mass is 10.3. The van der Waals surface area contributed by atoms with Crippen LogP contribution in [0, 0.1) is 0 Å². The van der Waals surface area contributed by atoms with Crippen molar-refractivity contribution in [2.75, 3.05) is 25.1 Å². The number of likely N-dealkylation sites (N-methyl/N-ethyl adjacent to an activating group) is 1. The molecule has 4 heteroatoms. The average Bonchev–Trinajstić information content (AvgIpc) is 2.42. The van der Waals surface area contributed by atoms with Gasteiger partial charge in [0.1, 0.15) is 12.4 Å². The van der Waals surface area contributed by atoms with E-state index in [1.54, 1.807) is 18.2 Å². The molecule has 0 saturated heterocycles. The first-order valence-corrected chi connectivity index (χ1v) is 6.76. The summed E-state index contributed by atoms with van der Waals surface area (Å²) in [4.78, 5) is 2.13. The zero-order valence-corrected chi connectivity index (χ0v) is 12.2. The van der Waals surface area contributed by atoms with Crippen molar-refractivity contribution < 1.29 is 4.74 Å². The fraction of sp³-hybridized carbons (Fsp3) is 0.200. The molecule has 0 N–H and O–H groups in total. The number of para-hydroxylation sites is 1. The Morgan fingerprint density at radius 1 is 1.05 bits per heavy atom. The van der Waals surface area contributed by atoms with Crippen LogP contribution in [-0.2, 0) is 0 Å². The van der Waals surface area contributed by atoms with Crippen LogP contribution in [0.2, 0.25) is 10.0 Å². The van der Waals surface area contributed by atoms with Crippen molar-refractivity contribution in [2.45, 2.75) is 0 Å². The van der Waals surface area contributed by atoms with Crippen LogP contribution < -0.4 is 9.64 Å². The second kappa shape index (κ2) is 6.69. The third-order valence-corrected chi connectivity index (χ3v) is 3.31. The van der Waals surface area contributed by atoms with Gasteiger partial charge in [-0.2, -0.15) is 0 Å². The molecule has 0 aliphatic carbocycles. The van der Waals surface area contributed by atoms with E-state index in [9.17, 15) is 0 Å². The standard InChI is InChI=1S/C15H15Cl2NO/c1-18(13-5-3-2-4-6-13)9-10-19-15-8-7-12(16)11-14(15)17/h2-8,11H,9-10H2,1H3. The van der Waals surface area contributed by atoms with E-state index in [4.69, 9.17) is 27.9 Å². The second-order valence-corrected chi connectivity index (χ2v) is 5.02. The van der Waals surface area contributed by atoms with E-state index in [-0.39, 0.29) is 0 Å². The molecule has 0 spiro atoms. The van der Waals surface area contributed by atoms with E-state index in [1.807, 2.05) is 25.2 Å². The molecule has 0 heterocycles. The molecule has 0 bridgehead atoms. The van der Waals surface area contributed by atoms with Gasteiger partial charge in [-0.15, -0.1) is 0 Å². The van der Waals surface area contributed by atoms with Crippen molar-refractivity contribution >= 4 is 28.9 Å². The molecule has 0 aliphatic rings. The van der Waals surface area contributed by atoms with Crippen LogP contribution in [0.25, 0.3) is 0 Å². The Labute approximate surface area is 123 Å². The Morgan fingerprint density at radius 2 is 1.79 bits per heavy atom. The van der Waals surface area contributed by atoms with Crippen molar-refractivity contribution in [3.8, 4) is 5.75 Å². The molecule has 0 amide bonds. The van der Waals surface area contributed by atoms with Crippen molar-refractivity contribution in [1.29, 1.82) is 0 Å². The minimum atomic E-state index is 0.537. The maximum atomic E-state index is 6.04. The Balaban J connectivity index is 1.86. The normalized spacial score (nSPS) is 10.3. The summed E-state index contributed by atoms with van der Waals surface area (Å²) >= 11 is 11.9. The van der Waals surface area contributed by atoms with Gasteiger partial charge >= 0.3 is 0 Å². The van der Waals surface area contributed by atoms with Crippen LogP contribution in [0.3, 0.4) is 0 Å². The molecular weight excluding hydrogens is 281 g/mol. The lowest BCUT2D eigenvalue weighted by molar-refractivity contribution is 0.326. The van der Waals surface area contributed by atoms with E-state index >= 15 is 0 Å². The highest BCUT2D eigenvalue weighted by atomic mass is 35.5. The van der Waals surface area contributed by atoms with Gasteiger partial charge in [0.05, 0.1) is 11.6 Å². The van der Waals surface area contributed by atoms with Gasteiger partial charge in [-0.1, -0.05) is 41.4 Å². The highest BCUT2D eigenvalue weighted by Crippen LogP contribution is 2.27. The summed E-state index contributed by atoms with van der Waals surface area (Å²) in [6, 6.07) is 15.4. The molecular formula is C15H15Cl2NO. The molecule has 0 atom stereocenters. The molecule has 0 radical (unpaired) electrons. The van der Waals surface area contributed by atoms with E-state index in [1.165, 1.54) is 0 Å². The second-order valence-electron chi connectivity index (χ2n) is 4.18. The van der Waals surface area contributed by atoms with Crippen LogP contribution in [0.15, 0.2) is 48.5 Å². The highest BCUT2D eigenvalue weighted by Gasteiger charge is 2.04. The molecule has 2 nitrogen and oxygen atoms in total. The topological polar surface area (TPSA) is 12.5 Å². The third kappa shape index (κ3) is 4.05. The lowest BCUT2D eigenvalue weighted by Crippen LogP contribution is -2.23. The van der Waals surface area contributed by atoms with Gasteiger partial charge < -0.3 is 9.64 Å². The van der Waals surface area contributed by atoms with Gasteiger partial charge in [-0.3, -0.25) is 0 Å². The highest BCUT2D eigenvalue weighted by molar-refractivity contribution is 6.35. The summed E-state index contributed by atoms with van der Waals surface area (Å²) in [5.41, 5.74) is 1.16. The molecule has 0 saturated carbocycles. The van der Waals surface area contributed by atoms with Crippen molar-refractivity contribution in [3.05, 3.63) is 58.6 Å². The number of nitrogens with zero attached hydrogens (tertiary/aromatic N) is 1. The molecule has 0 fully saturated rings. The van der Waals surface area contributed by atoms with Crippen molar-refractivity contribution in [1.82, 2.24) is 0 Å². The van der Waals surface area contributed by atoms with Crippen LogP contribution in [0.1, 0.15) is 0 Å². The van der Waals surface area contributed by atoms with Crippen LogP contribution in [0.5, 0.6) is 5.75 Å². The number of hydrogen-bond donors (Lipinski definition) is 0. The SMILES string of the molecule is CN(CCOc1ccc(Cl)cc1Cl)c1ccccc1. The van der Waals surface area contributed by atoms with E-state index in [0.29, 0.717) is 22.4 Å². The molecule has 0 unspecified atom stereocenters. The number of rotatable bonds is 5. The van der Waals surface area contributed by atoms with Crippen molar-refractivity contribution in [3.63, 3.8) is 0 Å². The quantitative estimate of drug-likeness (QED) is 0.805. The minimum absolute atomic E-state index is 0.537. The van der Waals surface area contributed by atoms with Crippen LogP contribution >= 0.6 is 23.2 Å². The predicted octanol–water partition coefficient (Wildman–Crippen LogP) is 4.51. The maximum Gasteiger partial charge on any atom is 0.138 e. The monoisotopic (exact) mass is 295 g/mol. The van der Waals surface area contributed by atoms with E-state index in [2.05, 4.69) is 17.0 Å². The fourth-order valence-corrected chi connectivity index (χ4v) is 2.16. The average molecular weight is 296 g/mol. The third-order valence-electron chi connectivity index (χ3n) is 2.78. The first-order valence-electron chi connectivity index (χ1n) is 6.01. The summed E-state index contributed by atoms with van der Waals surface area (Å²) in [5, 5.41) is 1.15. The number of hydrogen-bond acceptors (Lipinski definition) is 2. The molecule has 0 aliphatic heterocycles. The molecule has 19 heavy (non-hydrogen) atoms. The summed E-state index contributed by atoms with van der Waals surface area (Å²) in [5.74, 6) is 0.660. The number of ether oxygens (including phenoxy) is 1. The largest absolute Gasteiger partial charge is 0.490 e. The van der Waals surface area contributed by atoms with Gasteiger partial charge in [0, 0.05) is 17.8 Å². The summed E-state index contributed by atoms with van der Waals surface area (Å²) in [6.45, 7) is 1.34. The number of halogens is 2. The molecule has 0 aromatic heterocycles.